The second kappa shape index (κ2) is 4.93. The Morgan fingerprint density at radius 3 is 2.33 bits per heavy atom. The fourth-order valence-electron chi connectivity index (χ4n) is 1.71. The quantitative estimate of drug-likeness (QED) is 0.714. The lowest BCUT2D eigenvalue weighted by Gasteiger charge is -2.24. The molecule has 0 spiro atoms. The molecule has 15 heavy (non-hydrogen) atoms. The second-order valence-electron chi connectivity index (χ2n) is 4.50. The van der Waals surface area contributed by atoms with Crippen LogP contribution in [0.15, 0.2) is 29.2 Å². The summed E-state index contributed by atoms with van der Waals surface area (Å²) >= 11 is 2.01. The highest BCUT2D eigenvalue weighted by atomic mass is 32.2. The molecule has 0 atom stereocenters. The summed E-state index contributed by atoms with van der Waals surface area (Å²) in [4.78, 5) is 3.55. The van der Waals surface area contributed by atoms with Gasteiger partial charge in [-0.1, -0.05) is 6.42 Å². The van der Waals surface area contributed by atoms with Crippen molar-refractivity contribution in [3.63, 3.8) is 0 Å². The molecule has 0 aromatic heterocycles. The van der Waals surface area contributed by atoms with Gasteiger partial charge in [-0.25, -0.2) is 0 Å². The van der Waals surface area contributed by atoms with Crippen molar-refractivity contribution >= 4 is 17.4 Å². The molecule has 0 amide bonds. The lowest BCUT2D eigenvalue weighted by molar-refractivity contribution is 0.353. The molecular weight excluding hydrogens is 202 g/mol. The molecule has 0 unspecified atom stereocenters. The van der Waals surface area contributed by atoms with Crippen molar-refractivity contribution in [1.82, 2.24) is 0 Å². The lowest BCUT2D eigenvalue weighted by Crippen LogP contribution is -2.13. The van der Waals surface area contributed by atoms with Gasteiger partial charge in [0.15, 0.2) is 0 Å². The number of thioether (sulfide) groups is 1. The molecule has 2 heteroatoms. The van der Waals surface area contributed by atoms with Crippen molar-refractivity contribution < 1.29 is 0 Å². The number of hydrogen-bond donors (Lipinski definition) is 0. The third-order valence-corrected chi connectivity index (χ3v) is 4.31. The van der Waals surface area contributed by atoms with Gasteiger partial charge in [-0.15, -0.1) is 11.8 Å². The monoisotopic (exact) mass is 221 g/mol. The fourth-order valence-corrected chi connectivity index (χ4v) is 2.80. The lowest BCUT2D eigenvalue weighted by atomic mass is 9.87. The summed E-state index contributed by atoms with van der Waals surface area (Å²) in [6, 6.07) is 8.86. The van der Waals surface area contributed by atoms with Gasteiger partial charge in [0.25, 0.3) is 0 Å². The number of nitrogens with zero attached hydrogens (tertiary/aromatic N) is 1. The summed E-state index contributed by atoms with van der Waals surface area (Å²) in [6.07, 6.45) is 4.34. The van der Waals surface area contributed by atoms with Crippen LogP contribution in [0.4, 0.5) is 5.69 Å². The molecule has 0 bridgehead atoms. The summed E-state index contributed by atoms with van der Waals surface area (Å²) in [5.74, 6) is 2.30. The highest BCUT2D eigenvalue weighted by Gasteiger charge is 2.17. The number of hydrogen-bond acceptors (Lipinski definition) is 2. The summed E-state index contributed by atoms with van der Waals surface area (Å²) in [6.45, 7) is 0. The van der Waals surface area contributed by atoms with Gasteiger partial charge in [0.1, 0.15) is 0 Å². The predicted octanol–water partition coefficient (Wildman–Crippen LogP) is 3.64. The molecule has 0 aliphatic heterocycles. The van der Waals surface area contributed by atoms with Crippen molar-refractivity contribution in [2.24, 2.45) is 5.92 Å². The third kappa shape index (κ3) is 2.91. The van der Waals surface area contributed by atoms with E-state index in [1.807, 2.05) is 11.8 Å². The van der Waals surface area contributed by atoms with Crippen molar-refractivity contribution in [3.05, 3.63) is 24.3 Å². The van der Waals surface area contributed by atoms with Gasteiger partial charge in [0.05, 0.1) is 0 Å². The molecule has 2 rings (SSSR count). The Balaban J connectivity index is 1.86. The molecule has 0 radical (unpaired) electrons. The molecule has 1 fully saturated rings. The average Bonchev–Trinajstić information content (AvgIpc) is 2.16. The second-order valence-corrected chi connectivity index (χ2v) is 5.59. The normalized spacial score (nSPS) is 16.1. The van der Waals surface area contributed by atoms with Crippen LogP contribution in [0.5, 0.6) is 0 Å². The minimum absolute atomic E-state index is 0.989. The Hall–Kier alpha value is -0.630. The highest BCUT2D eigenvalue weighted by molar-refractivity contribution is 7.99. The first-order valence-electron chi connectivity index (χ1n) is 5.66. The van der Waals surface area contributed by atoms with Gasteiger partial charge in [-0.3, -0.25) is 0 Å². The van der Waals surface area contributed by atoms with Crippen LogP contribution in [-0.2, 0) is 0 Å². The van der Waals surface area contributed by atoms with Crippen molar-refractivity contribution in [2.75, 3.05) is 24.7 Å². The van der Waals surface area contributed by atoms with Crippen molar-refractivity contribution in [2.45, 2.75) is 24.2 Å². The summed E-state index contributed by atoms with van der Waals surface area (Å²) < 4.78 is 0. The Morgan fingerprint density at radius 2 is 1.87 bits per heavy atom. The molecule has 0 N–H and O–H groups in total. The minimum atomic E-state index is 0.989. The molecular formula is C13H19NS. The van der Waals surface area contributed by atoms with Crippen molar-refractivity contribution in [1.29, 1.82) is 0 Å². The van der Waals surface area contributed by atoms with Gasteiger partial charge in [0.2, 0.25) is 0 Å². The van der Waals surface area contributed by atoms with Crippen molar-refractivity contribution in [3.8, 4) is 0 Å². The molecule has 0 heterocycles. The maximum absolute atomic E-state index is 2.23. The van der Waals surface area contributed by atoms with Crippen LogP contribution in [0, 0.1) is 5.92 Å². The Kier molecular flexibility index (Phi) is 3.57. The zero-order valence-electron chi connectivity index (χ0n) is 9.57. The molecule has 1 aliphatic carbocycles. The zero-order chi connectivity index (χ0) is 10.7. The van der Waals surface area contributed by atoms with Crippen LogP contribution in [0.3, 0.4) is 0 Å². The van der Waals surface area contributed by atoms with Crippen LogP contribution in [0.25, 0.3) is 0 Å². The minimum Gasteiger partial charge on any atom is -0.378 e. The largest absolute Gasteiger partial charge is 0.378 e. The summed E-state index contributed by atoms with van der Waals surface area (Å²) in [5.41, 5.74) is 1.28. The van der Waals surface area contributed by atoms with E-state index in [0.29, 0.717) is 0 Å². The molecule has 0 saturated heterocycles. The van der Waals surface area contributed by atoms with Gasteiger partial charge >= 0.3 is 0 Å². The fraction of sp³-hybridized carbons (Fsp3) is 0.538. The number of rotatable bonds is 4. The van der Waals surface area contributed by atoms with Gasteiger partial charge in [-0.05, 0) is 43.0 Å². The van der Waals surface area contributed by atoms with E-state index in [-0.39, 0.29) is 0 Å². The van der Waals surface area contributed by atoms with Crippen LogP contribution < -0.4 is 4.90 Å². The molecule has 1 aromatic rings. The molecule has 1 aromatic carbocycles. The zero-order valence-corrected chi connectivity index (χ0v) is 10.4. The standard InChI is InChI=1S/C13H19NS/c1-14(2)12-6-8-13(9-7-12)15-10-11-4-3-5-11/h6-9,11H,3-5,10H2,1-2H3. The van der Waals surface area contributed by atoms with E-state index in [1.54, 1.807) is 0 Å². The Morgan fingerprint density at radius 1 is 1.20 bits per heavy atom. The van der Waals surface area contributed by atoms with Crippen LogP contribution in [0.2, 0.25) is 0 Å². The third-order valence-electron chi connectivity index (χ3n) is 3.06. The maximum atomic E-state index is 2.23. The van der Waals surface area contributed by atoms with E-state index in [2.05, 4.69) is 43.3 Å². The van der Waals surface area contributed by atoms with E-state index in [4.69, 9.17) is 0 Å². The topological polar surface area (TPSA) is 3.24 Å². The highest BCUT2D eigenvalue weighted by Crippen LogP contribution is 2.32. The van der Waals surface area contributed by atoms with Gasteiger partial charge in [0, 0.05) is 30.4 Å². The SMILES string of the molecule is CN(C)c1ccc(SCC2CCC2)cc1. The Bertz CT molecular complexity index is 301. The maximum Gasteiger partial charge on any atom is 0.0361 e. The van der Waals surface area contributed by atoms with E-state index in [1.165, 1.54) is 35.6 Å². The molecule has 1 saturated carbocycles. The van der Waals surface area contributed by atoms with Crippen LogP contribution in [-0.4, -0.2) is 19.8 Å². The predicted molar refractivity (Wildman–Crippen MR) is 68.8 cm³/mol. The summed E-state index contributed by atoms with van der Waals surface area (Å²) in [5, 5.41) is 0. The smallest absolute Gasteiger partial charge is 0.0361 e. The van der Waals surface area contributed by atoms with Gasteiger partial charge in [-0.2, -0.15) is 0 Å². The molecule has 82 valence electrons. The van der Waals surface area contributed by atoms with E-state index >= 15 is 0 Å². The summed E-state index contributed by atoms with van der Waals surface area (Å²) in [7, 11) is 4.16. The average molecular weight is 221 g/mol. The van der Waals surface area contributed by atoms with E-state index in [9.17, 15) is 0 Å². The van der Waals surface area contributed by atoms with Crippen LogP contribution in [0.1, 0.15) is 19.3 Å². The first-order chi connectivity index (χ1) is 7.25. The Labute approximate surface area is 96.9 Å². The molecule has 1 aliphatic rings. The number of benzene rings is 1. The van der Waals surface area contributed by atoms with E-state index < -0.39 is 0 Å². The first kappa shape index (κ1) is 10.9. The number of anilines is 1. The first-order valence-corrected chi connectivity index (χ1v) is 6.64. The van der Waals surface area contributed by atoms with E-state index in [0.717, 1.165) is 5.92 Å². The molecule has 1 nitrogen and oxygen atoms in total. The van der Waals surface area contributed by atoms with Crippen LogP contribution >= 0.6 is 11.8 Å². The van der Waals surface area contributed by atoms with Gasteiger partial charge < -0.3 is 4.90 Å².